The van der Waals surface area contributed by atoms with Crippen LogP contribution in [0.5, 0.6) is 0 Å². The van der Waals surface area contributed by atoms with Crippen molar-refractivity contribution in [3.8, 4) is 0 Å². The smallest absolute Gasteiger partial charge is 0.164 e. The van der Waals surface area contributed by atoms with Crippen molar-refractivity contribution >= 4 is 32.7 Å². The summed E-state index contributed by atoms with van der Waals surface area (Å²) < 4.78 is 23.4. The molecule has 0 amide bonds. The lowest BCUT2D eigenvalue weighted by Crippen LogP contribution is -2.30. The van der Waals surface area contributed by atoms with Crippen LogP contribution in [0.25, 0.3) is 0 Å². The predicted molar refractivity (Wildman–Crippen MR) is 44.0 cm³/mol. The first kappa shape index (κ1) is 7.74. The van der Waals surface area contributed by atoms with Gasteiger partial charge in [-0.1, -0.05) is 0 Å². The van der Waals surface area contributed by atoms with E-state index in [1.807, 2.05) is 22.9 Å². The Morgan fingerprint density at radius 3 is 2.44 bits per heavy atom. The lowest BCUT2D eigenvalue weighted by atomic mass is 10.5. The zero-order chi connectivity index (χ0) is 6.91. The van der Waals surface area contributed by atoms with Gasteiger partial charge < -0.3 is 0 Å². The molecular formula is C4H8INO2S. The Morgan fingerprint density at radius 1 is 1.44 bits per heavy atom. The molecule has 0 aliphatic carbocycles. The average molecular weight is 261 g/mol. The summed E-state index contributed by atoms with van der Waals surface area (Å²) in [5.74, 6) is 0.597. The van der Waals surface area contributed by atoms with E-state index < -0.39 is 9.84 Å². The monoisotopic (exact) mass is 261 g/mol. The van der Waals surface area contributed by atoms with Gasteiger partial charge in [0.15, 0.2) is 9.84 Å². The fraction of sp³-hybridized carbons (Fsp3) is 1.00. The topological polar surface area (TPSA) is 37.4 Å². The average Bonchev–Trinajstić information content (AvgIpc) is 1.60. The third kappa shape index (κ3) is 2.38. The summed E-state index contributed by atoms with van der Waals surface area (Å²) in [5, 5.41) is 0. The van der Waals surface area contributed by atoms with Crippen LogP contribution in [-0.4, -0.2) is 29.7 Å². The summed E-state index contributed by atoms with van der Waals surface area (Å²) in [4.78, 5) is 0. The van der Waals surface area contributed by atoms with Crippen LogP contribution in [0.4, 0.5) is 0 Å². The lowest BCUT2D eigenvalue weighted by molar-refractivity contribution is 0.509. The van der Waals surface area contributed by atoms with E-state index >= 15 is 0 Å². The summed E-state index contributed by atoms with van der Waals surface area (Å²) >= 11 is 2.04. The summed E-state index contributed by atoms with van der Waals surface area (Å²) in [7, 11) is -2.71. The Labute approximate surface area is 68.8 Å². The molecule has 0 aromatic rings. The van der Waals surface area contributed by atoms with Crippen LogP contribution in [0, 0.1) is 0 Å². The van der Waals surface area contributed by atoms with Gasteiger partial charge >= 0.3 is 0 Å². The molecule has 0 aromatic carbocycles. The first-order valence-electron chi connectivity index (χ1n) is 2.71. The van der Waals surface area contributed by atoms with E-state index in [0.29, 0.717) is 5.75 Å². The van der Waals surface area contributed by atoms with E-state index in [0.717, 1.165) is 13.0 Å². The maximum absolute atomic E-state index is 10.8. The van der Waals surface area contributed by atoms with Crippen molar-refractivity contribution in [2.45, 2.75) is 6.42 Å². The molecule has 1 fully saturated rings. The molecule has 9 heavy (non-hydrogen) atoms. The van der Waals surface area contributed by atoms with E-state index in [-0.39, 0.29) is 5.88 Å². The second kappa shape index (κ2) is 2.71. The maximum atomic E-state index is 10.8. The minimum absolute atomic E-state index is 0.230. The molecule has 1 rings (SSSR count). The normalized spacial score (nSPS) is 28.1. The standard InChI is InChI=1S/C4H8INO2S/c5-6-2-1-3-9(7,8)4-6/h1-4H2. The second-order valence-corrected chi connectivity index (χ2v) is 5.63. The first-order valence-corrected chi connectivity index (χ1v) is 5.50. The van der Waals surface area contributed by atoms with Gasteiger partial charge in [0.25, 0.3) is 0 Å². The molecule has 1 saturated heterocycles. The van der Waals surface area contributed by atoms with Gasteiger partial charge in [-0.3, -0.25) is 0 Å². The Kier molecular flexibility index (Phi) is 2.33. The zero-order valence-electron chi connectivity index (χ0n) is 4.88. The van der Waals surface area contributed by atoms with Gasteiger partial charge in [-0.25, -0.2) is 11.5 Å². The first-order chi connectivity index (χ1) is 4.10. The third-order valence-electron chi connectivity index (χ3n) is 1.19. The van der Waals surface area contributed by atoms with Crippen molar-refractivity contribution in [2.24, 2.45) is 0 Å². The van der Waals surface area contributed by atoms with Crippen LogP contribution in [0.3, 0.4) is 0 Å². The van der Waals surface area contributed by atoms with Crippen LogP contribution >= 0.6 is 22.9 Å². The van der Waals surface area contributed by atoms with Crippen LogP contribution in [0.1, 0.15) is 6.42 Å². The number of rotatable bonds is 0. The Morgan fingerprint density at radius 2 is 2.11 bits per heavy atom. The van der Waals surface area contributed by atoms with E-state index in [9.17, 15) is 8.42 Å². The van der Waals surface area contributed by atoms with Gasteiger partial charge in [-0.05, 0) is 6.42 Å². The minimum atomic E-state index is -2.71. The highest BCUT2D eigenvalue weighted by molar-refractivity contribution is 14.1. The van der Waals surface area contributed by atoms with Gasteiger partial charge in [-0.15, -0.1) is 0 Å². The van der Waals surface area contributed by atoms with Crippen molar-refractivity contribution in [1.29, 1.82) is 0 Å². The van der Waals surface area contributed by atoms with Gasteiger partial charge in [0, 0.05) is 29.4 Å². The molecule has 0 bridgehead atoms. The third-order valence-corrected chi connectivity index (χ3v) is 4.10. The molecule has 0 spiro atoms. The van der Waals surface area contributed by atoms with Crippen LogP contribution in [0.2, 0.25) is 0 Å². The molecule has 1 heterocycles. The number of hydrogen-bond acceptors (Lipinski definition) is 3. The SMILES string of the molecule is O=S1(=O)CCCN(I)C1. The predicted octanol–water partition coefficient (Wildman–Crippen LogP) is 0.414. The molecule has 3 nitrogen and oxygen atoms in total. The van der Waals surface area contributed by atoms with Crippen molar-refractivity contribution in [2.75, 3.05) is 18.2 Å². The fourth-order valence-corrected chi connectivity index (χ4v) is 3.67. The second-order valence-electron chi connectivity index (χ2n) is 2.12. The van der Waals surface area contributed by atoms with Gasteiger partial charge in [0.2, 0.25) is 0 Å². The van der Waals surface area contributed by atoms with Crippen molar-refractivity contribution in [3.63, 3.8) is 0 Å². The Hall–Kier alpha value is 0.640. The van der Waals surface area contributed by atoms with Crippen molar-refractivity contribution in [1.82, 2.24) is 3.11 Å². The molecule has 0 saturated carbocycles. The maximum Gasteiger partial charge on any atom is 0.164 e. The van der Waals surface area contributed by atoms with E-state index in [4.69, 9.17) is 0 Å². The lowest BCUT2D eigenvalue weighted by Gasteiger charge is -2.19. The van der Waals surface area contributed by atoms with E-state index in [1.54, 1.807) is 3.11 Å². The Balaban J connectivity index is 2.62. The number of nitrogens with zero attached hydrogens (tertiary/aromatic N) is 1. The van der Waals surface area contributed by atoms with Gasteiger partial charge in [0.1, 0.15) is 5.88 Å². The van der Waals surface area contributed by atoms with Gasteiger partial charge in [-0.2, -0.15) is 0 Å². The number of halogens is 1. The molecule has 1 aliphatic rings. The molecular weight excluding hydrogens is 253 g/mol. The molecule has 0 aromatic heterocycles. The highest BCUT2D eigenvalue weighted by atomic mass is 127. The molecule has 0 N–H and O–H groups in total. The largest absolute Gasteiger partial charge is 0.232 e. The summed E-state index contributed by atoms with van der Waals surface area (Å²) in [5.41, 5.74) is 0. The molecule has 1 aliphatic heterocycles. The van der Waals surface area contributed by atoms with E-state index in [1.165, 1.54) is 0 Å². The highest BCUT2D eigenvalue weighted by Crippen LogP contribution is 2.11. The molecule has 0 unspecified atom stereocenters. The minimum Gasteiger partial charge on any atom is -0.232 e. The van der Waals surface area contributed by atoms with E-state index in [2.05, 4.69) is 0 Å². The summed E-state index contributed by atoms with van der Waals surface area (Å²) in [6, 6.07) is 0. The quantitative estimate of drug-likeness (QED) is 0.468. The molecule has 0 atom stereocenters. The molecule has 54 valence electrons. The molecule has 0 radical (unpaired) electrons. The zero-order valence-corrected chi connectivity index (χ0v) is 7.85. The van der Waals surface area contributed by atoms with Crippen LogP contribution < -0.4 is 0 Å². The van der Waals surface area contributed by atoms with Gasteiger partial charge in [0.05, 0.1) is 5.75 Å². The highest BCUT2D eigenvalue weighted by Gasteiger charge is 2.19. The molecule has 5 heteroatoms. The van der Waals surface area contributed by atoms with Crippen LogP contribution in [-0.2, 0) is 9.84 Å². The van der Waals surface area contributed by atoms with Crippen molar-refractivity contribution < 1.29 is 8.42 Å². The van der Waals surface area contributed by atoms with Crippen LogP contribution in [0.15, 0.2) is 0 Å². The summed E-state index contributed by atoms with van der Waals surface area (Å²) in [6.45, 7) is 0.903. The number of hydrogen-bond donors (Lipinski definition) is 0. The fourth-order valence-electron chi connectivity index (χ4n) is 0.799. The van der Waals surface area contributed by atoms with Crippen molar-refractivity contribution in [3.05, 3.63) is 0 Å². The number of sulfone groups is 1. The summed E-state index contributed by atoms with van der Waals surface area (Å²) in [6.07, 6.45) is 0.783. The Bertz CT molecular complexity index is 189.